The van der Waals surface area contributed by atoms with Crippen LogP contribution >= 0.6 is 0 Å². The van der Waals surface area contributed by atoms with Crippen molar-refractivity contribution in [2.45, 2.75) is 6.92 Å². The van der Waals surface area contributed by atoms with Crippen molar-refractivity contribution in [3.63, 3.8) is 0 Å². The number of methoxy groups -OCH3 is 1. The summed E-state index contributed by atoms with van der Waals surface area (Å²) >= 11 is 0. The molecule has 0 saturated carbocycles. The zero-order chi connectivity index (χ0) is 12.3. The zero-order valence-corrected chi connectivity index (χ0v) is 9.77. The van der Waals surface area contributed by atoms with Gasteiger partial charge in [-0.2, -0.15) is 0 Å². The summed E-state index contributed by atoms with van der Waals surface area (Å²) in [6.07, 6.45) is 0. The summed E-state index contributed by atoms with van der Waals surface area (Å²) in [5, 5.41) is 10.9. The van der Waals surface area contributed by atoms with E-state index in [0.29, 0.717) is 11.6 Å². The van der Waals surface area contributed by atoms with E-state index < -0.39 is 0 Å². The molecule has 2 aromatic rings. The fourth-order valence-corrected chi connectivity index (χ4v) is 1.45. The molecule has 1 heterocycles. The standard InChI is InChI=1S/C12H14N4O/c1-8-7-9(17-2)3-4-10(8)14-12-6-5-11(13)15-16-12/h3-7H,1-2H3,(H2,13,15)(H,14,16). The molecule has 17 heavy (non-hydrogen) atoms. The van der Waals surface area contributed by atoms with E-state index in [1.165, 1.54) is 0 Å². The molecule has 5 nitrogen and oxygen atoms in total. The van der Waals surface area contributed by atoms with Crippen LogP contribution in [0, 0.1) is 6.92 Å². The van der Waals surface area contributed by atoms with Crippen molar-refractivity contribution >= 4 is 17.3 Å². The lowest BCUT2D eigenvalue weighted by atomic mass is 10.2. The Morgan fingerprint density at radius 2 is 2.00 bits per heavy atom. The smallest absolute Gasteiger partial charge is 0.153 e. The molecule has 1 aromatic heterocycles. The Balaban J connectivity index is 2.21. The first kappa shape index (κ1) is 11.2. The molecule has 0 saturated heterocycles. The number of aromatic nitrogens is 2. The summed E-state index contributed by atoms with van der Waals surface area (Å²) in [5.74, 6) is 1.89. The normalized spacial score (nSPS) is 10.0. The van der Waals surface area contributed by atoms with Crippen molar-refractivity contribution in [2.24, 2.45) is 0 Å². The summed E-state index contributed by atoms with van der Waals surface area (Å²) in [7, 11) is 1.65. The third-order valence-corrected chi connectivity index (χ3v) is 2.38. The van der Waals surface area contributed by atoms with Gasteiger partial charge in [-0.05, 0) is 42.8 Å². The summed E-state index contributed by atoms with van der Waals surface area (Å²) in [6.45, 7) is 2.00. The first-order valence-corrected chi connectivity index (χ1v) is 5.20. The van der Waals surface area contributed by atoms with Gasteiger partial charge in [0, 0.05) is 5.69 Å². The van der Waals surface area contributed by atoms with Crippen LogP contribution in [-0.2, 0) is 0 Å². The van der Waals surface area contributed by atoms with Gasteiger partial charge >= 0.3 is 0 Å². The molecular weight excluding hydrogens is 216 g/mol. The third-order valence-electron chi connectivity index (χ3n) is 2.38. The third kappa shape index (κ3) is 2.63. The van der Waals surface area contributed by atoms with E-state index in [1.807, 2.05) is 25.1 Å². The summed E-state index contributed by atoms with van der Waals surface area (Å²) in [5.41, 5.74) is 7.50. The van der Waals surface area contributed by atoms with E-state index in [2.05, 4.69) is 15.5 Å². The lowest BCUT2D eigenvalue weighted by molar-refractivity contribution is 0.414. The van der Waals surface area contributed by atoms with Crippen LogP contribution in [0.15, 0.2) is 30.3 Å². The van der Waals surface area contributed by atoms with Gasteiger partial charge in [0.15, 0.2) is 5.82 Å². The Bertz CT molecular complexity index is 510. The highest BCUT2D eigenvalue weighted by molar-refractivity contribution is 5.61. The molecule has 1 aromatic carbocycles. The molecule has 0 aliphatic heterocycles. The number of nitrogens with two attached hydrogens (primary N) is 1. The molecule has 0 bridgehead atoms. The van der Waals surface area contributed by atoms with Crippen LogP contribution < -0.4 is 15.8 Å². The van der Waals surface area contributed by atoms with Gasteiger partial charge < -0.3 is 15.8 Å². The van der Waals surface area contributed by atoms with Crippen molar-refractivity contribution in [3.8, 4) is 5.75 Å². The highest BCUT2D eigenvalue weighted by Crippen LogP contribution is 2.23. The molecule has 3 N–H and O–H groups in total. The molecule has 0 spiro atoms. The minimum Gasteiger partial charge on any atom is -0.497 e. The number of rotatable bonds is 3. The Morgan fingerprint density at radius 1 is 1.18 bits per heavy atom. The maximum atomic E-state index is 5.47. The van der Waals surface area contributed by atoms with Crippen molar-refractivity contribution < 1.29 is 4.74 Å². The molecule has 0 aliphatic carbocycles. The molecule has 0 radical (unpaired) electrons. The molecule has 0 amide bonds. The maximum Gasteiger partial charge on any atom is 0.153 e. The Kier molecular flexibility index (Phi) is 3.09. The van der Waals surface area contributed by atoms with Gasteiger partial charge in [-0.1, -0.05) is 0 Å². The van der Waals surface area contributed by atoms with Gasteiger partial charge in [0.25, 0.3) is 0 Å². The molecule has 0 unspecified atom stereocenters. The van der Waals surface area contributed by atoms with E-state index in [0.717, 1.165) is 17.0 Å². The molecule has 0 atom stereocenters. The minimum atomic E-state index is 0.405. The Labute approximate surface area is 99.6 Å². The number of nitrogens with zero attached hydrogens (tertiary/aromatic N) is 2. The van der Waals surface area contributed by atoms with E-state index in [9.17, 15) is 0 Å². The van der Waals surface area contributed by atoms with Crippen molar-refractivity contribution in [3.05, 3.63) is 35.9 Å². The number of hydrogen-bond donors (Lipinski definition) is 2. The average molecular weight is 230 g/mol. The summed E-state index contributed by atoms with van der Waals surface area (Å²) < 4.78 is 5.14. The van der Waals surface area contributed by atoms with Gasteiger partial charge in [-0.3, -0.25) is 0 Å². The predicted molar refractivity (Wildman–Crippen MR) is 67.5 cm³/mol. The van der Waals surface area contributed by atoms with Gasteiger partial charge in [-0.15, -0.1) is 10.2 Å². The van der Waals surface area contributed by atoms with Crippen molar-refractivity contribution in [1.29, 1.82) is 0 Å². The molecule has 0 aliphatic rings. The Hall–Kier alpha value is -2.30. The summed E-state index contributed by atoms with van der Waals surface area (Å²) in [4.78, 5) is 0. The number of benzene rings is 1. The van der Waals surface area contributed by atoms with Crippen molar-refractivity contribution in [2.75, 3.05) is 18.2 Å². The second-order valence-electron chi connectivity index (χ2n) is 3.65. The van der Waals surface area contributed by atoms with Gasteiger partial charge in [0.2, 0.25) is 0 Å². The van der Waals surface area contributed by atoms with Crippen LogP contribution in [0.4, 0.5) is 17.3 Å². The van der Waals surface area contributed by atoms with Crippen molar-refractivity contribution in [1.82, 2.24) is 10.2 Å². The fraction of sp³-hybridized carbons (Fsp3) is 0.167. The number of nitrogens with one attached hydrogen (secondary N) is 1. The molecule has 88 valence electrons. The molecule has 2 rings (SSSR count). The summed E-state index contributed by atoms with van der Waals surface area (Å²) in [6, 6.07) is 9.26. The van der Waals surface area contributed by atoms with Crippen LogP contribution in [0.1, 0.15) is 5.56 Å². The SMILES string of the molecule is COc1ccc(Nc2ccc(N)nn2)c(C)c1. The minimum absolute atomic E-state index is 0.405. The topological polar surface area (TPSA) is 73.1 Å². The van der Waals surface area contributed by atoms with Crippen LogP contribution in [0.25, 0.3) is 0 Å². The van der Waals surface area contributed by atoms with Gasteiger partial charge in [0.1, 0.15) is 11.6 Å². The predicted octanol–water partition coefficient (Wildman–Crippen LogP) is 2.12. The van der Waals surface area contributed by atoms with Crippen LogP contribution in [-0.4, -0.2) is 17.3 Å². The zero-order valence-electron chi connectivity index (χ0n) is 9.77. The van der Waals surface area contributed by atoms with Gasteiger partial charge in [0.05, 0.1) is 7.11 Å². The lowest BCUT2D eigenvalue weighted by Crippen LogP contribution is -1.99. The fourth-order valence-electron chi connectivity index (χ4n) is 1.45. The number of ether oxygens (including phenoxy) is 1. The molecule has 5 heteroatoms. The average Bonchev–Trinajstić information content (AvgIpc) is 2.34. The first-order chi connectivity index (χ1) is 8.19. The van der Waals surface area contributed by atoms with E-state index >= 15 is 0 Å². The van der Waals surface area contributed by atoms with E-state index in [-0.39, 0.29) is 0 Å². The van der Waals surface area contributed by atoms with Crippen LogP contribution in [0.3, 0.4) is 0 Å². The number of aryl methyl sites for hydroxylation is 1. The lowest BCUT2D eigenvalue weighted by Gasteiger charge is -2.09. The van der Waals surface area contributed by atoms with E-state index in [4.69, 9.17) is 10.5 Å². The Morgan fingerprint density at radius 3 is 2.59 bits per heavy atom. The number of anilines is 3. The number of nitrogen functional groups attached to an aromatic ring is 1. The maximum absolute atomic E-state index is 5.47. The first-order valence-electron chi connectivity index (χ1n) is 5.20. The quantitative estimate of drug-likeness (QED) is 0.844. The van der Waals surface area contributed by atoms with E-state index in [1.54, 1.807) is 19.2 Å². The molecule has 0 fully saturated rings. The highest BCUT2D eigenvalue weighted by Gasteiger charge is 2.02. The highest BCUT2D eigenvalue weighted by atomic mass is 16.5. The van der Waals surface area contributed by atoms with Crippen LogP contribution in [0.2, 0.25) is 0 Å². The van der Waals surface area contributed by atoms with Gasteiger partial charge in [-0.25, -0.2) is 0 Å². The largest absolute Gasteiger partial charge is 0.497 e. The second-order valence-corrected chi connectivity index (χ2v) is 3.65. The monoisotopic (exact) mass is 230 g/mol. The second kappa shape index (κ2) is 4.69. The van der Waals surface area contributed by atoms with Crippen LogP contribution in [0.5, 0.6) is 5.75 Å². The molecular formula is C12H14N4O. The number of hydrogen-bond acceptors (Lipinski definition) is 5.